The van der Waals surface area contributed by atoms with Crippen molar-refractivity contribution in [3.63, 3.8) is 0 Å². The summed E-state index contributed by atoms with van der Waals surface area (Å²) in [7, 11) is 0. The number of benzene rings is 1. The number of aliphatic hydroxyl groups excluding tert-OH is 1. The molecule has 1 aromatic carbocycles. The van der Waals surface area contributed by atoms with Crippen molar-refractivity contribution in [2.75, 3.05) is 0 Å². The molecule has 3 heteroatoms. The molecule has 1 aliphatic carbocycles. The number of rotatable bonds is 0. The molecule has 1 unspecified atom stereocenters. The van der Waals surface area contributed by atoms with Crippen molar-refractivity contribution in [3.05, 3.63) is 35.4 Å². The Bertz CT molecular complexity index is 309. The predicted molar refractivity (Wildman–Crippen MR) is 46.2 cm³/mol. The van der Waals surface area contributed by atoms with Crippen LogP contribution in [0.4, 0.5) is 0 Å². The SMILES string of the molecule is NC1(N)c2ccccc2CC1O. The Kier molecular flexibility index (Phi) is 1.48. The first-order valence-corrected chi connectivity index (χ1v) is 3.96. The summed E-state index contributed by atoms with van der Waals surface area (Å²) in [6.07, 6.45) is -0.0988. The molecule has 0 aliphatic heterocycles. The second kappa shape index (κ2) is 2.29. The van der Waals surface area contributed by atoms with E-state index in [2.05, 4.69) is 0 Å². The van der Waals surface area contributed by atoms with Crippen LogP contribution in [0.15, 0.2) is 24.3 Å². The van der Waals surface area contributed by atoms with Crippen molar-refractivity contribution in [1.29, 1.82) is 0 Å². The van der Waals surface area contributed by atoms with Gasteiger partial charge in [-0.1, -0.05) is 24.3 Å². The lowest BCUT2D eigenvalue weighted by molar-refractivity contribution is 0.102. The Hall–Kier alpha value is -0.900. The topological polar surface area (TPSA) is 72.3 Å². The van der Waals surface area contributed by atoms with Crippen LogP contribution in [0, 0.1) is 0 Å². The molecule has 0 aromatic heterocycles. The summed E-state index contributed by atoms with van der Waals surface area (Å²) in [6, 6.07) is 7.61. The Morgan fingerprint density at radius 1 is 1.33 bits per heavy atom. The molecule has 64 valence electrons. The molecular formula is C9H12N2O. The zero-order valence-corrected chi connectivity index (χ0v) is 6.70. The molecule has 0 radical (unpaired) electrons. The van der Waals surface area contributed by atoms with E-state index in [9.17, 15) is 5.11 Å². The first-order chi connectivity index (χ1) is 5.62. The van der Waals surface area contributed by atoms with E-state index in [0.29, 0.717) is 6.42 Å². The molecular weight excluding hydrogens is 152 g/mol. The second-order valence-corrected chi connectivity index (χ2v) is 3.31. The van der Waals surface area contributed by atoms with Crippen LogP contribution in [-0.2, 0) is 12.1 Å². The van der Waals surface area contributed by atoms with Gasteiger partial charge in [0.2, 0.25) is 0 Å². The van der Waals surface area contributed by atoms with Gasteiger partial charge in [-0.25, -0.2) is 0 Å². The molecule has 0 bridgehead atoms. The number of hydrogen-bond acceptors (Lipinski definition) is 3. The molecule has 2 rings (SSSR count). The van der Waals surface area contributed by atoms with Crippen LogP contribution < -0.4 is 11.5 Å². The van der Waals surface area contributed by atoms with E-state index < -0.39 is 11.8 Å². The van der Waals surface area contributed by atoms with Gasteiger partial charge in [-0.3, -0.25) is 0 Å². The highest BCUT2D eigenvalue weighted by Gasteiger charge is 2.39. The van der Waals surface area contributed by atoms with Gasteiger partial charge in [-0.2, -0.15) is 0 Å². The highest BCUT2D eigenvalue weighted by molar-refractivity contribution is 5.39. The summed E-state index contributed by atoms with van der Waals surface area (Å²) in [5, 5.41) is 9.53. The zero-order valence-electron chi connectivity index (χ0n) is 6.70. The lowest BCUT2D eigenvalue weighted by Crippen LogP contribution is -2.52. The third kappa shape index (κ3) is 0.876. The average molecular weight is 164 g/mol. The quantitative estimate of drug-likeness (QED) is 0.460. The van der Waals surface area contributed by atoms with Crippen LogP contribution in [0.25, 0.3) is 0 Å². The monoisotopic (exact) mass is 164 g/mol. The standard InChI is InChI=1S/C9H12N2O/c10-9(11)7-4-2-1-3-6(7)5-8(9)12/h1-4,8,12H,5,10-11H2. The molecule has 0 saturated carbocycles. The van der Waals surface area contributed by atoms with Gasteiger partial charge in [0.1, 0.15) is 5.66 Å². The van der Waals surface area contributed by atoms with Crippen molar-refractivity contribution in [3.8, 4) is 0 Å². The lowest BCUT2D eigenvalue weighted by Gasteiger charge is -2.23. The van der Waals surface area contributed by atoms with Gasteiger partial charge in [0.15, 0.2) is 0 Å². The van der Waals surface area contributed by atoms with Crippen LogP contribution >= 0.6 is 0 Å². The molecule has 0 amide bonds. The minimum atomic E-state index is -1.06. The van der Waals surface area contributed by atoms with E-state index in [0.717, 1.165) is 11.1 Å². The van der Waals surface area contributed by atoms with Gasteiger partial charge in [0, 0.05) is 6.42 Å². The van der Waals surface area contributed by atoms with Crippen LogP contribution in [0.2, 0.25) is 0 Å². The Balaban J connectivity index is 2.55. The summed E-state index contributed by atoms with van der Waals surface area (Å²) < 4.78 is 0. The number of hydrogen-bond donors (Lipinski definition) is 3. The van der Waals surface area contributed by atoms with Crippen molar-refractivity contribution in [2.45, 2.75) is 18.2 Å². The third-order valence-corrected chi connectivity index (χ3v) is 2.45. The first kappa shape index (κ1) is 7.73. The molecule has 12 heavy (non-hydrogen) atoms. The fourth-order valence-corrected chi connectivity index (χ4v) is 1.68. The Morgan fingerprint density at radius 2 is 2.00 bits per heavy atom. The van der Waals surface area contributed by atoms with Crippen LogP contribution in [0.5, 0.6) is 0 Å². The minimum absolute atomic E-state index is 0.559. The number of nitrogens with two attached hydrogens (primary N) is 2. The minimum Gasteiger partial charge on any atom is -0.389 e. The van der Waals surface area contributed by atoms with E-state index in [4.69, 9.17) is 11.5 Å². The molecule has 0 fully saturated rings. The lowest BCUT2D eigenvalue weighted by atomic mass is 10.0. The van der Waals surface area contributed by atoms with E-state index >= 15 is 0 Å². The Morgan fingerprint density at radius 3 is 2.67 bits per heavy atom. The van der Waals surface area contributed by atoms with Crippen LogP contribution in [0.3, 0.4) is 0 Å². The molecule has 1 aliphatic rings. The molecule has 0 saturated heterocycles. The maximum Gasteiger partial charge on any atom is 0.117 e. The third-order valence-electron chi connectivity index (χ3n) is 2.45. The zero-order chi connectivity index (χ0) is 8.77. The summed E-state index contributed by atoms with van der Waals surface area (Å²) in [5.74, 6) is 0. The largest absolute Gasteiger partial charge is 0.389 e. The second-order valence-electron chi connectivity index (χ2n) is 3.31. The van der Waals surface area contributed by atoms with Gasteiger partial charge in [-0.15, -0.1) is 0 Å². The maximum atomic E-state index is 9.53. The molecule has 0 spiro atoms. The molecule has 1 atom stereocenters. The summed E-state index contributed by atoms with van der Waals surface area (Å²) in [6.45, 7) is 0. The van der Waals surface area contributed by atoms with Gasteiger partial charge in [-0.05, 0) is 11.1 Å². The predicted octanol–water partition coefficient (Wildman–Crippen LogP) is -0.326. The van der Waals surface area contributed by atoms with Crippen LogP contribution in [-0.4, -0.2) is 11.2 Å². The normalized spacial score (nSPS) is 25.4. The fourth-order valence-electron chi connectivity index (χ4n) is 1.68. The number of fused-ring (bicyclic) bond motifs is 1. The van der Waals surface area contributed by atoms with Gasteiger partial charge in [0.25, 0.3) is 0 Å². The molecule has 1 aromatic rings. The van der Waals surface area contributed by atoms with Crippen molar-refractivity contribution < 1.29 is 5.11 Å². The van der Waals surface area contributed by atoms with Crippen molar-refractivity contribution in [2.24, 2.45) is 11.5 Å². The summed E-state index contributed by atoms with van der Waals surface area (Å²) in [5.41, 5.74) is 12.4. The van der Waals surface area contributed by atoms with E-state index in [1.54, 1.807) is 0 Å². The van der Waals surface area contributed by atoms with Crippen LogP contribution in [0.1, 0.15) is 11.1 Å². The molecule has 0 heterocycles. The van der Waals surface area contributed by atoms with Crippen molar-refractivity contribution >= 4 is 0 Å². The van der Waals surface area contributed by atoms with Gasteiger partial charge >= 0.3 is 0 Å². The average Bonchev–Trinajstić information content (AvgIpc) is 2.25. The summed E-state index contributed by atoms with van der Waals surface area (Å²) in [4.78, 5) is 0. The Labute approximate surface area is 71.0 Å². The molecule has 5 N–H and O–H groups in total. The number of aliphatic hydroxyl groups is 1. The van der Waals surface area contributed by atoms with Gasteiger partial charge < -0.3 is 16.6 Å². The van der Waals surface area contributed by atoms with E-state index in [1.807, 2.05) is 24.3 Å². The van der Waals surface area contributed by atoms with E-state index in [-0.39, 0.29) is 0 Å². The maximum absolute atomic E-state index is 9.53. The molecule has 3 nitrogen and oxygen atoms in total. The fraction of sp³-hybridized carbons (Fsp3) is 0.333. The van der Waals surface area contributed by atoms with E-state index in [1.165, 1.54) is 0 Å². The van der Waals surface area contributed by atoms with Crippen molar-refractivity contribution in [1.82, 2.24) is 0 Å². The van der Waals surface area contributed by atoms with Gasteiger partial charge in [0.05, 0.1) is 6.10 Å². The highest BCUT2D eigenvalue weighted by Crippen LogP contribution is 2.30. The smallest absolute Gasteiger partial charge is 0.117 e. The highest BCUT2D eigenvalue weighted by atomic mass is 16.3. The summed E-state index contributed by atoms with van der Waals surface area (Å²) >= 11 is 0. The first-order valence-electron chi connectivity index (χ1n) is 3.96.